The summed E-state index contributed by atoms with van der Waals surface area (Å²) in [5.41, 5.74) is 6.96. The summed E-state index contributed by atoms with van der Waals surface area (Å²) >= 11 is 0. The zero-order chi connectivity index (χ0) is 10.1. The second-order valence-electron chi connectivity index (χ2n) is 4.22. The highest BCUT2D eigenvalue weighted by atomic mass is 16.1. The van der Waals surface area contributed by atoms with E-state index in [1.54, 1.807) is 13.1 Å². The first-order chi connectivity index (χ1) is 6.66. The third kappa shape index (κ3) is 1.75. The molecule has 1 aliphatic rings. The normalized spacial score (nSPS) is 27.9. The maximum atomic E-state index is 11.3. The van der Waals surface area contributed by atoms with Gasteiger partial charge in [-0.1, -0.05) is 0 Å². The molecule has 1 aromatic rings. The van der Waals surface area contributed by atoms with Gasteiger partial charge in [-0.3, -0.25) is 14.6 Å². The maximum Gasteiger partial charge on any atom is 0.266 e. The number of aryl methyl sites for hydroxylation is 1. The lowest BCUT2D eigenvalue weighted by atomic mass is 9.84. The molecular weight excluding hydrogens is 178 g/mol. The van der Waals surface area contributed by atoms with E-state index in [4.69, 9.17) is 5.73 Å². The fourth-order valence-electron chi connectivity index (χ4n) is 2.15. The van der Waals surface area contributed by atoms with Crippen molar-refractivity contribution in [3.8, 4) is 0 Å². The van der Waals surface area contributed by atoms with Crippen LogP contribution < -0.4 is 11.3 Å². The highest BCUT2D eigenvalue weighted by molar-refractivity contribution is 5.08. The quantitative estimate of drug-likeness (QED) is 0.692. The summed E-state index contributed by atoms with van der Waals surface area (Å²) in [5.74, 6) is 0.503. The Bertz CT molecular complexity index is 358. The van der Waals surface area contributed by atoms with Gasteiger partial charge in [-0.2, -0.15) is 0 Å². The molecule has 4 nitrogen and oxygen atoms in total. The molecule has 0 aliphatic heterocycles. The Kier molecular flexibility index (Phi) is 2.46. The van der Waals surface area contributed by atoms with Gasteiger partial charge in [0, 0.05) is 30.8 Å². The van der Waals surface area contributed by atoms with Crippen molar-refractivity contribution in [3.63, 3.8) is 0 Å². The molecule has 0 saturated heterocycles. The predicted molar refractivity (Wildman–Crippen MR) is 55.2 cm³/mol. The van der Waals surface area contributed by atoms with Crippen LogP contribution in [-0.4, -0.2) is 15.8 Å². The fourth-order valence-corrected chi connectivity index (χ4v) is 2.15. The van der Waals surface area contributed by atoms with Gasteiger partial charge in [0.25, 0.3) is 5.56 Å². The van der Waals surface area contributed by atoms with E-state index in [2.05, 4.69) is 5.10 Å². The van der Waals surface area contributed by atoms with E-state index in [1.807, 2.05) is 0 Å². The molecule has 4 heteroatoms. The second kappa shape index (κ2) is 3.61. The molecule has 1 saturated carbocycles. The molecule has 0 aromatic carbocycles. The van der Waals surface area contributed by atoms with E-state index < -0.39 is 0 Å². The van der Waals surface area contributed by atoms with Crippen LogP contribution in [0.5, 0.6) is 0 Å². The van der Waals surface area contributed by atoms with E-state index in [-0.39, 0.29) is 5.56 Å². The van der Waals surface area contributed by atoms with Crippen molar-refractivity contribution >= 4 is 0 Å². The van der Waals surface area contributed by atoms with Gasteiger partial charge in [0.15, 0.2) is 0 Å². The molecule has 78 valence electrons. The third-order valence-electron chi connectivity index (χ3n) is 3.12. The summed E-state index contributed by atoms with van der Waals surface area (Å²) in [4.78, 5) is 11.3. The van der Waals surface area contributed by atoms with Crippen molar-refractivity contribution in [1.29, 1.82) is 0 Å². The lowest BCUT2D eigenvalue weighted by Crippen LogP contribution is -2.25. The van der Waals surface area contributed by atoms with Gasteiger partial charge in [0.05, 0.1) is 0 Å². The predicted octanol–water partition coefficient (Wildman–Crippen LogP) is 0.698. The van der Waals surface area contributed by atoms with Crippen LogP contribution in [0.1, 0.15) is 37.3 Å². The number of rotatable bonds is 1. The third-order valence-corrected chi connectivity index (χ3v) is 3.12. The lowest BCUT2D eigenvalue weighted by Gasteiger charge is -2.24. The van der Waals surface area contributed by atoms with Crippen LogP contribution in [-0.2, 0) is 7.05 Å². The molecule has 0 spiro atoms. The Morgan fingerprint density at radius 3 is 2.57 bits per heavy atom. The van der Waals surface area contributed by atoms with Gasteiger partial charge in [-0.05, 0) is 25.7 Å². The molecule has 1 aliphatic carbocycles. The number of nitrogens with one attached hydrogen (secondary N) is 1. The molecule has 14 heavy (non-hydrogen) atoms. The molecule has 2 rings (SSSR count). The fraction of sp³-hybridized carbons (Fsp3) is 0.700. The van der Waals surface area contributed by atoms with Gasteiger partial charge in [-0.25, -0.2) is 0 Å². The zero-order valence-electron chi connectivity index (χ0n) is 8.49. The van der Waals surface area contributed by atoms with Gasteiger partial charge < -0.3 is 5.73 Å². The van der Waals surface area contributed by atoms with Crippen molar-refractivity contribution in [2.24, 2.45) is 12.8 Å². The van der Waals surface area contributed by atoms with Crippen molar-refractivity contribution in [1.82, 2.24) is 9.78 Å². The summed E-state index contributed by atoms with van der Waals surface area (Å²) in [7, 11) is 1.75. The number of aromatic nitrogens is 2. The molecule has 1 fully saturated rings. The number of hydrogen-bond donors (Lipinski definition) is 2. The topological polar surface area (TPSA) is 63.8 Å². The molecule has 1 aromatic heterocycles. The molecule has 3 N–H and O–H groups in total. The number of nitrogens with two attached hydrogens (primary N) is 1. The van der Waals surface area contributed by atoms with E-state index in [9.17, 15) is 4.79 Å². The highest BCUT2D eigenvalue weighted by Crippen LogP contribution is 2.30. The SMILES string of the molecule is Cn1[nH]c(C2CCC(N)CC2)cc1=O. The summed E-state index contributed by atoms with van der Waals surface area (Å²) in [6.07, 6.45) is 4.34. The van der Waals surface area contributed by atoms with E-state index in [0.29, 0.717) is 12.0 Å². The van der Waals surface area contributed by atoms with E-state index in [0.717, 1.165) is 31.4 Å². The minimum absolute atomic E-state index is 0.0508. The molecule has 0 radical (unpaired) electrons. The summed E-state index contributed by atoms with van der Waals surface area (Å²) in [6.45, 7) is 0. The highest BCUT2D eigenvalue weighted by Gasteiger charge is 2.21. The first-order valence-corrected chi connectivity index (χ1v) is 5.18. The van der Waals surface area contributed by atoms with Crippen LogP contribution in [0.15, 0.2) is 10.9 Å². The largest absolute Gasteiger partial charge is 0.328 e. The lowest BCUT2D eigenvalue weighted by molar-refractivity contribution is 0.388. The van der Waals surface area contributed by atoms with Crippen LogP contribution in [0.3, 0.4) is 0 Å². The maximum absolute atomic E-state index is 11.3. The Morgan fingerprint density at radius 2 is 2.07 bits per heavy atom. The molecule has 0 amide bonds. The van der Waals surface area contributed by atoms with Crippen LogP contribution in [0.25, 0.3) is 0 Å². The summed E-state index contributed by atoms with van der Waals surface area (Å²) in [6, 6.07) is 2.07. The van der Waals surface area contributed by atoms with Crippen LogP contribution in [0.2, 0.25) is 0 Å². The van der Waals surface area contributed by atoms with Crippen LogP contribution >= 0.6 is 0 Å². The number of hydrogen-bond acceptors (Lipinski definition) is 2. The molecular formula is C10H17N3O. The van der Waals surface area contributed by atoms with Crippen molar-refractivity contribution < 1.29 is 0 Å². The van der Waals surface area contributed by atoms with E-state index in [1.165, 1.54) is 4.68 Å². The first kappa shape index (κ1) is 9.52. The Hall–Kier alpha value is -1.03. The van der Waals surface area contributed by atoms with Crippen molar-refractivity contribution in [3.05, 3.63) is 22.1 Å². The molecule has 1 heterocycles. The second-order valence-corrected chi connectivity index (χ2v) is 4.22. The number of nitrogens with zero attached hydrogens (tertiary/aromatic N) is 1. The monoisotopic (exact) mass is 195 g/mol. The number of H-pyrrole nitrogens is 1. The molecule has 0 atom stereocenters. The average Bonchev–Trinajstić information content (AvgIpc) is 2.48. The van der Waals surface area contributed by atoms with Crippen LogP contribution in [0, 0.1) is 0 Å². The van der Waals surface area contributed by atoms with Gasteiger partial charge in [0.1, 0.15) is 0 Å². The smallest absolute Gasteiger partial charge is 0.266 e. The standard InChI is InChI=1S/C10H17N3O/c1-13-10(14)6-9(12-13)7-2-4-8(11)5-3-7/h6-8,12H,2-5,11H2,1H3. The Labute approximate surface area is 83.1 Å². The van der Waals surface area contributed by atoms with Crippen molar-refractivity contribution in [2.45, 2.75) is 37.6 Å². The molecule has 0 bridgehead atoms. The van der Waals surface area contributed by atoms with E-state index >= 15 is 0 Å². The number of aromatic amines is 1. The van der Waals surface area contributed by atoms with Gasteiger partial charge in [-0.15, -0.1) is 0 Å². The average molecular weight is 195 g/mol. The Balaban J connectivity index is 2.12. The zero-order valence-corrected chi connectivity index (χ0v) is 8.49. The van der Waals surface area contributed by atoms with Gasteiger partial charge in [0.2, 0.25) is 0 Å². The molecule has 0 unspecified atom stereocenters. The summed E-state index contributed by atoms with van der Waals surface area (Å²) in [5, 5.41) is 3.09. The minimum Gasteiger partial charge on any atom is -0.328 e. The Morgan fingerprint density at radius 1 is 1.43 bits per heavy atom. The van der Waals surface area contributed by atoms with Crippen LogP contribution in [0.4, 0.5) is 0 Å². The first-order valence-electron chi connectivity index (χ1n) is 5.18. The summed E-state index contributed by atoms with van der Waals surface area (Å²) < 4.78 is 1.53. The minimum atomic E-state index is 0.0508. The van der Waals surface area contributed by atoms with Gasteiger partial charge >= 0.3 is 0 Å². The van der Waals surface area contributed by atoms with Crippen molar-refractivity contribution in [2.75, 3.05) is 0 Å².